The fourth-order valence-electron chi connectivity index (χ4n) is 4.41. The van der Waals surface area contributed by atoms with E-state index in [1.807, 2.05) is 36.8 Å². The van der Waals surface area contributed by atoms with E-state index in [0.717, 1.165) is 79.1 Å². The maximum absolute atomic E-state index is 6.24. The first-order valence-corrected chi connectivity index (χ1v) is 12.2. The van der Waals surface area contributed by atoms with E-state index >= 15 is 0 Å². The third-order valence-corrected chi connectivity index (χ3v) is 6.35. The van der Waals surface area contributed by atoms with E-state index in [2.05, 4.69) is 34.0 Å². The smallest absolute Gasteiger partial charge is 0.187 e. The van der Waals surface area contributed by atoms with E-state index in [1.54, 1.807) is 7.11 Å². The predicted molar refractivity (Wildman–Crippen MR) is 137 cm³/mol. The second kappa shape index (κ2) is 12.0. The molecule has 0 spiro atoms. The molecule has 7 heteroatoms. The molecule has 0 aliphatic carbocycles. The largest absolute Gasteiger partial charge is 0.493 e. The maximum Gasteiger partial charge on any atom is 0.187 e. The van der Waals surface area contributed by atoms with E-state index in [4.69, 9.17) is 14.2 Å². The quantitative estimate of drug-likeness (QED) is 0.388. The lowest BCUT2D eigenvalue weighted by Crippen LogP contribution is -2.36. The van der Waals surface area contributed by atoms with Gasteiger partial charge in [-0.05, 0) is 62.6 Å². The summed E-state index contributed by atoms with van der Waals surface area (Å²) in [7, 11) is 1.67. The molecule has 4 rings (SSSR count). The molecular weight excluding hydrogens is 428 g/mol. The SMILES string of the molecule is COc1ccc2c(Nc3c(C)cncc3C)ccnc2c1OCCCCCCN1CCOCC1. The van der Waals surface area contributed by atoms with Gasteiger partial charge in [0.15, 0.2) is 11.5 Å². The predicted octanol–water partition coefficient (Wildman–Crippen LogP) is 5.27. The van der Waals surface area contributed by atoms with Gasteiger partial charge in [-0.2, -0.15) is 0 Å². The van der Waals surface area contributed by atoms with Gasteiger partial charge in [0.25, 0.3) is 0 Å². The van der Waals surface area contributed by atoms with E-state index in [9.17, 15) is 0 Å². The molecule has 0 amide bonds. The van der Waals surface area contributed by atoms with Crippen LogP contribution in [-0.4, -0.2) is 61.4 Å². The number of rotatable bonds is 11. The topological polar surface area (TPSA) is 68.7 Å². The highest BCUT2D eigenvalue weighted by Gasteiger charge is 2.15. The molecule has 1 aromatic carbocycles. The highest BCUT2D eigenvalue weighted by molar-refractivity contribution is 5.97. The summed E-state index contributed by atoms with van der Waals surface area (Å²) < 4.78 is 17.3. The summed E-state index contributed by atoms with van der Waals surface area (Å²) in [6.07, 6.45) is 10.2. The van der Waals surface area contributed by atoms with Gasteiger partial charge in [-0.3, -0.25) is 14.9 Å². The van der Waals surface area contributed by atoms with Crippen molar-refractivity contribution in [1.29, 1.82) is 0 Å². The molecule has 0 saturated carbocycles. The minimum absolute atomic E-state index is 0.648. The Hall–Kier alpha value is -2.90. The molecule has 1 saturated heterocycles. The molecule has 182 valence electrons. The first-order chi connectivity index (χ1) is 16.7. The third-order valence-electron chi connectivity index (χ3n) is 6.35. The first-order valence-electron chi connectivity index (χ1n) is 12.2. The Bertz CT molecular complexity index is 1060. The lowest BCUT2D eigenvalue weighted by atomic mass is 10.1. The summed E-state index contributed by atoms with van der Waals surface area (Å²) in [6, 6.07) is 5.99. The molecule has 3 heterocycles. The number of ether oxygens (including phenoxy) is 3. The standard InChI is InChI=1S/C27H36N4O3/c1-20-18-28-19-21(2)25(20)30-23-10-11-29-26-22(23)8-9-24(32-3)27(26)34-15-7-5-4-6-12-31-13-16-33-17-14-31/h8-11,18-19H,4-7,12-17H2,1-3H3,(H,28,29,30). The minimum atomic E-state index is 0.648. The molecule has 0 atom stereocenters. The Labute approximate surface area is 202 Å². The number of unbranched alkanes of at least 4 members (excludes halogenated alkanes) is 3. The molecule has 1 N–H and O–H groups in total. The molecule has 0 bridgehead atoms. The van der Waals surface area contributed by atoms with Gasteiger partial charge < -0.3 is 19.5 Å². The lowest BCUT2D eigenvalue weighted by Gasteiger charge is -2.26. The molecule has 3 aromatic rings. The Morgan fingerprint density at radius 3 is 2.53 bits per heavy atom. The molecule has 1 aliphatic rings. The van der Waals surface area contributed by atoms with Crippen LogP contribution in [0.1, 0.15) is 36.8 Å². The number of benzene rings is 1. The monoisotopic (exact) mass is 464 g/mol. The Morgan fingerprint density at radius 2 is 1.76 bits per heavy atom. The molecule has 34 heavy (non-hydrogen) atoms. The van der Waals surface area contributed by atoms with Gasteiger partial charge in [-0.25, -0.2) is 0 Å². The maximum atomic E-state index is 6.24. The van der Waals surface area contributed by atoms with Crippen molar-refractivity contribution in [1.82, 2.24) is 14.9 Å². The Morgan fingerprint density at radius 1 is 1.00 bits per heavy atom. The fraction of sp³-hybridized carbons (Fsp3) is 0.481. The number of methoxy groups -OCH3 is 1. The number of nitrogens with zero attached hydrogens (tertiary/aromatic N) is 3. The zero-order chi connectivity index (χ0) is 23.8. The fourth-order valence-corrected chi connectivity index (χ4v) is 4.41. The lowest BCUT2D eigenvalue weighted by molar-refractivity contribution is 0.0371. The van der Waals surface area contributed by atoms with Gasteiger partial charge in [0.2, 0.25) is 0 Å². The summed E-state index contributed by atoms with van der Waals surface area (Å²) >= 11 is 0. The number of hydrogen-bond donors (Lipinski definition) is 1. The number of aryl methyl sites for hydroxylation is 2. The number of anilines is 2. The second-order valence-corrected chi connectivity index (χ2v) is 8.84. The van der Waals surface area contributed by atoms with Gasteiger partial charge in [0, 0.05) is 48.4 Å². The molecule has 0 radical (unpaired) electrons. The van der Waals surface area contributed by atoms with E-state index < -0.39 is 0 Å². The zero-order valence-corrected chi connectivity index (χ0v) is 20.6. The average molecular weight is 465 g/mol. The normalized spacial score (nSPS) is 14.3. The number of aromatic nitrogens is 2. The minimum Gasteiger partial charge on any atom is -0.493 e. The van der Waals surface area contributed by atoms with Crippen molar-refractivity contribution in [3.63, 3.8) is 0 Å². The third kappa shape index (κ3) is 5.96. The summed E-state index contributed by atoms with van der Waals surface area (Å²) in [5.41, 5.74) is 5.06. The number of pyridine rings is 2. The van der Waals surface area contributed by atoms with Gasteiger partial charge in [0.05, 0.1) is 26.9 Å². The summed E-state index contributed by atoms with van der Waals surface area (Å²) in [6.45, 7) is 9.80. The van der Waals surface area contributed by atoms with E-state index in [0.29, 0.717) is 18.1 Å². The van der Waals surface area contributed by atoms with Crippen LogP contribution in [-0.2, 0) is 4.74 Å². The highest BCUT2D eigenvalue weighted by atomic mass is 16.5. The Balaban J connectivity index is 1.39. The number of morpholine rings is 1. The average Bonchev–Trinajstić information content (AvgIpc) is 2.86. The first kappa shape index (κ1) is 24.2. The number of hydrogen-bond acceptors (Lipinski definition) is 7. The van der Waals surface area contributed by atoms with Crippen LogP contribution in [0.15, 0.2) is 36.8 Å². The molecular formula is C27H36N4O3. The molecule has 2 aromatic heterocycles. The van der Waals surface area contributed by atoms with Crippen LogP contribution in [0.4, 0.5) is 11.4 Å². The Kier molecular flexibility index (Phi) is 8.55. The van der Waals surface area contributed by atoms with Crippen LogP contribution >= 0.6 is 0 Å². The van der Waals surface area contributed by atoms with Crippen LogP contribution in [0.25, 0.3) is 10.9 Å². The van der Waals surface area contributed by atoms with Gasteiger partial charge in [-0.1, -0.05) is 12.8 Å². The van der Waals surface area contributed by atoms with Crippen molar-refractivity contribution in [2.45, 2.75) is 39.5 Å². The van der Waals surface area contributed by atoms with Crippen molar-refractivity contribution in [2.24, 2.45) is 0 Å². The van der Waals surface area contributed by atoms with Crippen LogP contribution in [0.3, 0.4) is 0 Å². The van der Waals surface area contributed by atoms with Crippen LogP contribution in [0.5, 0.6) is 11.5 Å². The number of fused-ring (bicyclic) bond motifs is 1. The van der Waals surface area contributed by atoms with Crippen molar-refractivity contribution in [3.8, 4) is 11.5 Å². The second-order valence-electron chi connectivity index (χ2n) is 8.84. The zero-order valence-electron chi connectivity index (χ0n) is 20.6. The number of nitrogens with one attached hydrogen (secondary N) is 1. The van der Waals surface area contributed by atoms with Gasteiger partial charge in [-0.15, -0.1) is 0 Å². The van der Waals surface area contributed by atoms with Gasteiger partial charge >= 0.3 is 0 Å². The highest BCUT2D eigenvalue weighted by Crippen LogP contribution is 2.38. The van der Waals surface area contributed by atoms with Crippen molar-refractivity contribution < 1.29 is 14.2 Å². The molecule has 7 nitrogen and oxygen atoms in total. The molecule has 1 aliphatic heterocycles. The van der Waals surface area contributed by atoms with Crippen LogP contribution < -0.4 is 14.8 Å². The van der Waals surface area contributed by atoms with Crippen LogP contribution in [0, 0.1) is 13.8 Å². The van der Waals surface area contributed by atoms with E-state index in [-0.39, 0.29) is 0 Å². The summed E-state index contributed by atoms with van der Waals surface area (Å²) in [5.74, 6) is 1.42. The van der Waals surface area contributed by atoms with Crippen molar-refractivity contribution >= 4 is 22.3 Å². The van der Waals surface area contributed by atoms with Crippen molar-refractivity contribution in [2.75, 3.05) is 51.9 Å². The summed E-state index contributed by atoms with van der Waals surface area (Å²) in [4.78, 5) is 11.4. The summed E-state index contributed by atoms with van der Waals surface area (Å²) in [5, 5.41) is 4.58. The molecule has 1 fully saturated rings. The van der Waals surface area contributed by atoms with E-state index in [1.165, 1.54) is 12.8 Å². The van der Waals surface area contributed by atoms with Crippen LogP contribution in [0.2, 0.25) is 0 Å². The van der Waals surface area contributed by atoms with Crippen molar-refractivity contribution in [3.05, 3.63) is 47.9 Å². The van der Waals surface area contributed by atoms with Gasteiger partial charge in [0.1, 0.15) is 5.52 Å². The molecule has 0 unspecified atom stereocenters.